The smallest absolute Gasteiger partial charge is 0.344 e. The van der Waals surface area contributed by atoms with Crippen LogP contribution in [-0.2, 0) is 13.1 Å². The van der Waals surface area contributed by atoms with Gasteiger partial charge in [0, 0.05) is 30.7 Å². The monoisotopic (exact) mass is 406 g/mol. The van der Waals surface area contributed by atoms with Crippen molar-refractivity contribution in [3.05, 3.63) is 94.1 Å². The van der Waals surface area contributed by atoms with Crippen LogP contribution in [0.15, 0.2) is 70.0 Å². The molecule has 0 amide bonds. The number of halogens is 2. The van der Waals surface area contributed by atoms with Crippen molar-refractivity contribution in [1.82, 2.24) is 9.88 Å². The van der Waals surface area contributed by atoms with Crippen LogP contribution < -0.4 is 10.4 Å². The summed E-state index contributed by atoms with van der Waals surface area (Å²) in [5.41, 5.74) is 1.63. The summed E-state index contributed by atoms with van der Waals surface area (Å²) in [4.78, 5) is 19.0. The van der Waals surface area contributed by atoms with Crippen molar-refractivity contribution in [1.29, 1.82) is 0 Å². The Morgan fingerprint density at radius 1 is 1.03 bits per heavy atom. The van der Waals surface area contributed by atoms with Gasteiger partial charge in [-0.2, -0.15) is 0 Å². The third-order valence-corrected chi connectivity index (χ3v) is 5.03. The minimum atomic E-state index is -0.756. The summed E-state index contributed by atoms with van der Waals surface area (Å²) in [5, 5.41) is 0.649. The lowest BCUT2D eigenvalue weighted by molar-refractivity contribution is 0.0878. The number of hydrogen-bond donors (Lipinski definition) is 0. The van der Waals surface area contributed by atoms with E-state index in [1.54, 1.807) is 18.3 Å². The number of fused-ring (bicyclic) bond motifs is 3. The van der Waals surface area contributed by atoms with Gasteiger partial charge in [0.05, 0.1) is 16.8 Å². The molecule has 30 heavy (non-hydrogen) atoms. The minimum absolute atomic E-state index is 0.0999. The fourth-order valence-corrected chi connectivity index (χ4v) is 3.67. The Kier molecular flexibility index (Phi) is 4.52. The summed E-state index contributed by atoms with van der Waals surface area (Å²) in [6, 6.07) is 13.9. The highest BCUT2D eigenvalue weighted by molar-refractivity contribution is 5.86. The molecule has 5 rings (SSSR count). The van der Waals surface area contributed by atoms with Gasteiger partial charge >= 0.3 is 5.63 Å². The number of benzene rings is 2. The summed E-state index contributed by atoms with van der Waals surface area (Å²) < 4.78 is 38.7. The molecule has 7 heteroatoms. The van der Waals surface area contributed by atoms with Gasteiger partial charge in [-0.15, -0.1) is 0 Å². The topological polar surface area (TPSA) is 55.6 Å². The molecule has 0 aliphatic carbocycles. The van der Waals surface area contributed by atoms with Crippen molar-refractivity contribution in [2.75, 3.05) is 6.73 Å². The maximum atomic E-state index is 13.6. The number of nitrogens with zero attached hydrogens (tertiary/aromatic N) is 2. The molecular formula is C23H16F2N2O3. The van der Waals surface area contributed by atoms with E-state index in [9.17, 15) is 13.6 Å². The third-order valence-electron chi connectivity index (χ3n) is 5.03. The second kappa shape index (κ2) is 7.35. The van der Waals surface area contributed by atoms with Gasteiger partial charge in [0.25, 0.3) is 0 Å². The molecule has 0 saturated carbocycles. The Morgan fingerprint density at radius 2 is 1.87 bits per heavy atom. The SMILES string of the molecule is O=c1oc2c3c(ccc2cc1-c1cc(F)cc(F)c1)OCN(Cc1ccccn1)C3. The standard InChI is InChI=1S/C23H16F2N2O3/c24-16-7-15(8-17(25)10-16)19-9-14-4-5-21-20(22(14)30-23(19)28)12-27(13-29-21)11-18-3-1-2-6-26-18/h1-10H,11-13H2. The lowest BCUT2D eigenvalue weighted by atomic mass is 10.0. The number of ether oxygens (including phenoxy) is 1. The van der Waals surface area contributed by atoms with E-state index in [2.05, 4.69) is 4.98 Å². The summed E-state index contributed by atoms with van der Waals surface area (Å²) in [6.45, 7) is 1.49. The van der Waals surface area contributed by atoms with Crippen LogP contribution in [0.25, 0.3) is 22.1 Å². The van der Waals surface area contributed by atoms with Crippen LogP contribution in [0.3, 0.4) is 0 Å². The van der Waals surface area contributed by atoms with Gasteiger partial charge in [0.1, 0.15) is 29.7 Å². The Balaban J connectivity index is 1.55. The third kappa shape index (κ3) is 3.44. The Morgan fingerprint density at radius 3 is 2.63 bits per heavy atom. The lowest BCUT2D eigenvalue weighted by Gasteiger charge is -2.29. The van der Waals surface area contributed by atoms with Gasteiger partial charge in [-0.1, -0.05) is 6.07 Å². The predicted octanol–water partition coefficient (Wildman–Crippen LogP) is 4.49. The van der Waals surface area contributed by atoms with E-state index in [1.807, 2.05) is 29.2 Å². The van der Waals surface area contributed by atoms with Crippen LogP contribution in [0, 0.1) is 11.6 Å². The first-order valence-electron chi connectivity index (χ1n) is 9.38. The summed E-state index contributed by atoms with van der Waals surface area (Å²) >= 11 is 0. The molecule has 0 spiro atoms. The van der Waals surface area contributed by atoms with Gasteiger partial charge in [-0.05, 0) is 48.0 Å². The van der Waals surface area contributed by atoms with Crippen molar-refractivity contribution in [2.24, 2.45) is 0 Å². The fourth-order valence-electron chi connectivity index (χ4n) is 3.67. The van der Waals surface area contributed by atoms with Crippen LogP contribution in [0.2, 0.25) is 0 Å². The van der Waals surface area contributed by atoms with Gasteiger partial charge in [-0.3, -0.25) is 9.88 Å². The van der Waals surface area contributed by atoms with Crippen LogP contribution in [0.5, 0.6) is 5.75 Å². The molecule has 5 nitrogen and oxygen atoms in total. The van der Waals surface area contributed by atoms with Crippen LogP contribution in [0.1, 0.15) is 11.3 Å². The molecule has 4 aromatic rings. The highest BCUT2D eigenvalue weighted by Gasteiger charge is 2.22. The first kappa shape index (κ1) is 18.4. The quantitative estimate of drug-likeness (QED) is 0.470. The number of aromatic nitrogens is 1. The molecule has 0 unspecified atom stereocenters. The highest BCUT2D eigenvalue weighted by Crippen LogP contribution is 2.33. The number of pyridine rings is 1. The maximum absolute atomic E-state index is 13.6. The van der Waals surface area contributed by atoms with Crippen LogP contribution >= 0.6 is 0 Å². The molecule has 0 bridgehead atoms. The van der Waals surface area contributed by atoms with Crippen LogP contribution in [-0.4, -0.2) is 16.6 Å². The predicted molar refractivity (Wildman–Crippen MR) is 107 cm³/mol. The van der Waals surface area contributed by atoms with E-state index in [-0.39, 0.29) is 11.1 Å². The van der Waals surface area contributed by atoms with Gasteiger partial charge in [0.2, 0.25) is 0 Å². The summed E-state index contributed by atoms with van der Waals surface area (Å²) in [5.74, 6) is -0.866. The van der Waals surface area contributed by atoms with Crippen molar-refractivity contribution >= 4 is 11.0 Å². The van der Waals surface area contributed by atoms with Gasteiger partial charge in [-0.25, -0.2) is 13.6 Å². The largest absolute Gasteiger partial charge is 0.478 e. The molecule has 3 heterocycles. The molecule has 2 aromatic heterocycles. The van der Waals surface area contributed by atoms with E-state index < -0.39 is 17.3 Å². The number of hydrogen-bond acceptors (Lipinski definition) is 5. The van der Waals surface area contributed by atoms with E-state index >= 15 is 0 Å². The molecule has 0 fully saturated rings. The van der Waals surface area contributed by atoms with E-state index in [0.29, 0.717) is 36.5 Å². The zero-order valence-electron chi connectivity index (χ0n) is 15.8. The van der Waals surface area contributed by atoms with Crippen LogP contribution in [0.4, 0.5) is 8.78 Å². The first-order chi connectivity index (χ1) is 14.6. The Bertz CT molecular complexity index is 1290. The molecule has 0 radical (unpaired) electrons. The average molecular weight is 406 g/mol. The Hall–Kier alpha value is -3.58. The maximum Gasteiger partial charge on any atom is 0.344 e. The fraction of sp³-hybridized carbons (Fsp3) is 0.130. The molecule has 1 aliphatic rings. The second-order valence-corrected chi connectivity index (χ2v) is 7.15. The zero-order valence-corrected chi connectivity index (χ0v) is 15.8. The molecule has 2 aromatic carbocycles. The van der Waals surface area contributed by atoms with Crippen molar-refractivity contribution in [3.8, 4) is 16.9 Å². The lowest BCUT2D eigenvalue weighted by Crippen LogP contribution is -2.32. The molecule has 0 N–H and O–H groups in total. The highest BCUT2D eigenvalue weighted by atomic mass is 19.1. The number of rotatable bonds is 3. The zero-order chi connectivity index (χ0) is 20.7. The second-order valence-electron chi connectivity index (χ2n) is 7.15. The van der Waals surface area contributed by atoms with Crippen molar-refractivity contribution < 1.29 is 17.9 Å². The molecular weight excluding hydrogens is 390 g/mol. The Labute approximate surface area is 170 Å². The normalized spacial score (nSPS) is 13.8. The minimum Gasteiger partial charge on any atom is -0.478 e. The molecule has 0 atom stereocenters. The van der Waals surface area contributed by atoms with Gasteiger partial charge < -0.3 is 9.15 Å². The molecule has 1 aliphatic heterocycles. The summed E-state index contributed by atoms with van der Waals surface area (Å²) in [6.07, 6.45) is 1.74. The molecule has 150 valence electrons. The van der Waals surface area contributed by atoms with Crippen molar-refractivity contribution in [2.45, 2.75) is 13.1 Å². The van der Waals surface area contributed by atoms with E-state index in [4.69, 9.17) is 9.15 Å². The van der Waals surface area contributed by atoms with E-state index in [0.717, 1.165) is 29.5 Å². The average Bonchev–Trinajstić information content (AvgIpc) is 2.73. The van der Waals surface area contributed by atoms with Crippen molar-refractivity contribution in [3.63, 3.8) is 0 Å². The first-order valence-corrected chi connectivity index (χ1v) is 9.38. The molecule has 0 saturated heterocycles. The van der Waals surface area contributed by atoms with Gasteiger partial charge in [0.15, 0.2) is 0 Å². The van der Waals surface area contributed by atoms with E-state index in [1.165, 1.54) is 0 Å². The summed E-state index contributed by atoms with van der Waals surface area (Å²) in [7, 11) is 0.